The largest absolute Gasteiger partial charge is 0.481 e. The van der Waals surface area contributed by atoms with E-state index in [0.29, 0.717) is 105 Å². The zero-order chi connectivity index (χ0) is 55.3. The third kappa shape index (κ3) is 15.6. The van der Waals surface area contributed by atoms with Gasteiger partial charge in [0.05, 0.1) is 25.1 Å². The zero-order valence-corrected chi connectivity index (χ0v) is 42.5. The molecule has 23 nitrogen and oxygen atoms in total. The third-order valence-corrected chi connectivity index (χ3v) is 15.1. The van der Waals surface area contributed by atoms with E-state index in [9.17, 15) is 71.8 Å². The molecular weight excluding hydrogens is 1010 g/mol. The number of carbonyl (C=O) groups is 8. The van der Waals surface area contributed by atoms with E-state index in [1.165, 1.54) is 12.1 Å². The molecule has 6 rings (SSSR count). The molecule has 2 atom stereocenters. The Bertz CT molecular complexity index is 2930. The number of benzene rings is 3. The maximum Gasteiger partial charge on any atom is 0.320 e. The minimum atomic E-state index is -4.68. The number of hydrogen-bond acceptors (Lipinski definition) is 13. The van der Waals surface area contributed by atoms with Crippen LogP contribution in [-0.2, 0) is 48.5 Å². The lowest BCUT2D eigenvalue weighted by molar-refractivity contribution is -0.151. The number of piperidine rings is 2. The van der Waals surface area contributed by atoms with Gasteiger partial charge in [0.1, 0.15) is 35.4 Å². The van der Waals surface area contributed by atoms with Crippen molar-refractivity contribution in [2.75, 3.05) is 57.3 Å². The van der Waals surface area contributed by atoms with Crippen LogP contribution < -0.4 is 25.5 Å². The fourth-order valence-corrected chi connectivity index (χ4v) is 11.1. The zero-order valence-electron chi connectivity index (χ0n) is 41.7. The molecule has 3 heterocycles. The molecule has 410 valence electrons. The molecule has 1 aliphatic carbocycles. The molecule has 2 fully saturated rings. The van der Waals surface area contributed by atoms with Gasteiger partial charge in [-0.05, 0) is 75.1 Å². The van der Waals surface area contributed by atoms with Crippen molar-refractivity contribution in [1.82, 2.24) is 20.1 Å². The van der Waals surface area contributed by atoms with E-state index < -0.39 is 89.7 Å². The first-order chi connectivity index (χ1) is 36.1. The smallest absolute Gasteiger partial charge is 0.320 e. The number of unbranched alkanes of at least 4 members (excludes halogenated alkanes) is 2. The fraction of sp³-hybridized carbons (Fsp3) is 0.481. The van der Waals surface area contributed by atoms with Gasteiger partial charge in [0.15, 0.2) is 0 Å². The predicted molar refractivity (Wildman–Crippen MR) is 272 cm³/mol. The molecule has 4 aliphatic rings. The molecule has 2 unspecified atom stereocenters. The van der Waals surface area contributed by atoms with Crippen LogP contribution in [0.5, 0.6) is 0 Å². The summed E-state index contributed by atoms with van der Waals surface area (Å²) in [5, 5.41) is 63.2. The number of rotatable bonds is 27. The molecule has 0 radical (unpaired) electrons. The van der Waals surface area contributed by atoms with Gasteiger partial charge in [0, 0.05) is 104 Å². The molecule has 2 aromatic carbocycles. The van der Waals surface area contributed by atoms with Crippen LogP contribution in [0.4, 0.5) is 5.69 Å². The number of carboxylic acid groups (broad SMARTS) is 6. The molecule has 2 amide bonds. The molecule has 2 aromatic rings. The number of anilines is 1. The van der Waals surface area contributed by atoms with Crippen LogP contribution >= 0.6 is 0 Å². The summed E-state index contributed by atoms with van der Waals surface area (Å²) >= 11 is 0. The van der Waals surface area contributed by atoms with E-state index in [1.54, 1.807) is 12.1 Å². The van der Waals surface area contributed by atoms with Crippen LogP contribution in [0.25, 0.3) is 33.4 Å². The Balaban J connectivity index is 1.12. The number of fused-ring (bicyclic) bond motifs is 2. The minimum absolute atomic E-state index is 0.00916. The number of aliphatic carboxylic acids is 6. The molecule has 9 N–H and O–H groups in total. The monoisotopic (exact) mass is 1080 g/mol. The van der Waals surface area contributed by atoms with E-state index in [0.717, 1.165) is 15.9 Å². The van der Waals surface area contributed by atoms with Crippen molar-refractivity contribution in [3.63, 3.8) is 0 Å². The van der Waals surface area contributed by atoms with Crippen molar-refractivity contribution in [3.05, 3.63) is 66.0 Å². The second kappa shape index (κ2) is 26.4. The lowest BCUT2D eigenvalue weighted by Crippen LogP contribution is -2.46. The first-order valence-electron chi connectivity index (χ1n) is 25.1. The Morgan fingerprint density at radius 3 is 1.80 bits per heavy atom. The lowest BCUT2D eigenvalue weighted by Gasteiger charge is -2.33. The molecule has 76 heavy (non-hydrogen) atoms. The number of carboxylic acids is 6. The summed E-state index contributed by atoms with van der Waals surface area (Å²) in [4.78, 5) is 97.9. The summed E-state index contributed by atoms with van der Waals surface area (Å²) in [6.07, 6.45) is 2.39. The Kier molecular flexibility index (Phi) is 20.1. The Hall–Kier alpha value is -7.44. The topological polar surface area (TPSA) is 359 Å². The Morgan fingerprint density at radius 2 is 1.25 bits per heavy atom. The summed E-state index contributed by atoms with van der Waals surface area (Å²) in [5.41, 5.74) is 2.57. The lowest BCUT2D eigenvalue weighted by atomic mass is 9.83. The SMILES string of the molecule is O=C(O)CC(CC(=O)O)C(CCCCNC(=O)C1CC[N+](=c2ccc3c(-c4ccccc4S(=O)(=O)O)c4ccc(N5CCC(C(=O)NCCCCC(C(=O)O)N(CC(=O)O)CC(=O)O)CC5)cc4oc-3c2)CC1)C(=O)O. The summed E-state index contributed by atoms with van der Waals surface area (Å²) in [7, 11) is -4.68. The Morgan fingerprint density at radius 1 is 0.671 bits per heavy atom. The highest BCUT2D eigenvalue weighted by Crippen LogP contribution is 2.43. The maximum atomic E-state index is 13.2. The maximum absolute atomic E-state index is 13.2. The molecule has 0 saturated carbocycles. The standard InChI is InChI=1S/C52H63N5O18S/c58-44(59)25-33(26-45(60)61)36(51(68)69)7-3-5-19-53-49(66)31-15-21-55(22-16-31)34-11-13-37-41(27-34)75-42-28-35(12-14-38(42)48(37)39-8-1-2-10-43(39)76(72,73)74)56-23-17-32(18-24-56)50(67)54-20-6-4-9-40(52(70)71)57(29-46(62)63)30-47(64)65/h1-2,8,10-14,27-28,31-33,36,40H,3-7,9,15-26,29-30H2,(H8-,53,54,58,59,60,61,62,63,64,65,66,67,68,69,70,71,72,73,74)/p+1. The van der Waals surface area contributed by atoms with Crippen LogP contribution in [0.2, 0.25) is 0 Å². The second-order valence-electron chi connectivity index (χ2n) is 19.4. The van der Waals surface area contributed by atoms with Gasteiger partial charge >= 0.3 is 35.8 Å². The average Bonchev–Trinajstić information content (AvgIpc) is 3.37. The Labute approximate surface area is 436 Å². The highest BCUT2D eigenvalue weighted by atomic mass is 32.2. The van der Waals surface area contributed by atoms with Crippen molar-refractivity contribution in [2.45, 2.75) is 88.0 Å². The van der Waals surface area contributed by atoms with Crippen molar-refractivity contribution < 1.29 is 86.4 Å². The highest BCUT2D eigenvalue weighted by Gasteiger charge is 2.34. The molecular formula is C52H64N5O18S+. The fourth-order valence-electron chi connectivity index (χ4n) is 10.4. The minimum Gasteiger partial charge on any atom is -0.481 e. The molecule has 24 heteroatoms. The summed E-state index contributed by atoms with van der Waals surface area (Å²) in [6.45, 7) is 1.06. The van der Waals surface area contributed by atoms with Gasteiger partial charge in [0.2, 0.25) is 17.2 Å². The quantitative estimate of drug-likeness (QED) is 0.0178. The second-order valence-corrected chi connectivity index (χ2v) is 20.7. The van der Waals surface area contributed by atoms with Gasteiger partial charge in [-0.25, -0.2) is 4.58 Å². The third-order valence-electron chi connectivity index (χ3n) is 14.2. The number of hydrogen-bond donors (Lipinski definition) is 9. The van der Waals surface area contributed by atoms with Crippen molar-refractivity contribution in [1.29, 1.82) is 0 Å². The predicted octanol–water partition coefficient (Wildman–Crippen LogP) is 3.61. The highest BCUT2D eigenvalue weighted by molar-refractivity contribution is 7.86. The van der Waals surface area contributed by atoms with Crippen LogP contribution in [0.15, 0.2) is 70.0 Å². The van der Waals surface area contributed by atoms with E-state index in [2.05, 4.69) is 20.1 Å². The van der Waals surface area contributed by atoms with Gasteiger partial charge in [-0.1, -0.05) is 24.6 Å². The van der Waals surface area contributed by atoms with Crippen LogP contribution in [0.1, 0.15) is 77.0 Å². The van der Waals surface area contributed by atoms with Crippen molar-refractivity contribution in [2.24, 2.45) is 23.7 Å². The molecule has 0 bridgehead atoms. The number of nitrogens with one attached hydrogen (secondary N) is 2. The van der Waals surface area contributed by atoms with E-state index in [4.69, 9.17) is 14.6 Å². The summed E-state index contributed by atoms with van der Waals surface area (Å²) in [5.74, 6) is -10.6. The van der Waals surface area contributed by atoms with Crippen LogP contribution in [0, 0.1) is 23.7 Å². The number of amides is 2. The molecule has 3 aliphatic heterocycles. The van der Waals surface area contributed by atoms with Gasteiger partial charge in [-0.2, -0.15) is 8.42 Å². The molecule has 0 aromatic heterocycles. The van der Waals surface area contributed by atoms with Crippen LogP contribution in [0.3, 0.4) is 0 Å². The van der Waals surface area contributed by atoms with E-state index in [-0.39, 0.29) is 60.0 Å². The van der Waals surface area contributed by atoms with Crippen molar-refractivity contribution >= 4 is 74.4 Å². The van der Waals surface area contributed by atoms with E-state index >= 15 is 0 Å². The summed E-state index contributed by atoms with van der Waals surface area (Å²) in [6, 6.07) is 15.9. The van der Waals surface area contributed by atoms with Gasteiger partial charge < -0.3 is 50.6 Å². The van der Waals surface area contributed by atoms with Gasteiger partial charge in [0.25, 0.3) is 10.1 Å². The first kappa shape index (κ1) is 57.8. The molecule has 2 saturated heterocycles. The van der Waals surface area contributed by atoms with Gasteiger partial charge in [-0.15, -0.1) is 0 Å². The average molecular weight is 1080 g/mol. The number of nitrogens with zero attached hydrogens (tertiary/aromatic N) is 3. The van der Waals surface area contributed by atoms with Gasteiger partial charge in [-0.3, -0.25) is 47.8 Å². The van der Waals surface area contributed by atoms with Crippen molar-refractivity contribution in [3.8, 4) is 22.5 Å². The first-order valence-corrected chi connectivity index (χ1v) is 26.6. The summed E-state index contributed by atoms with van der Waals surface area (Å²) < 4.78 is 44.6. The molecule has 0 spiro atoms. The normalized spacial score (nSPS) is 16.1. The van der Waals surface area contributed by atoms with Crippen LogP contribution in [-0.4, -0.2) is 155 Å². The van der Waals surface area contributed by atoms with E-state index in [1.807, 2.05) is 36.4 Å². The number of carbonyl (C=O) groups excluding carboxylic acids is 2.